The summed E-state index contributed by atoms with van der Waals surface area (Å²) in [7, 11) is 0. The van der Waals surface area contributed by atoms with E-state index in [0.717, 1.165) is 0 Å². The first kappa shape index (κ1) is 12.4. The molecule has 0 aromatic heterocycles. The number of rotatable bonds is 3. The molecule has 0 bridgehead atoms. The molecule has 1 aromatic rings. The summed E-state index contributed by atoms with van der Waals surface area (Å²) in [6.07, 6.45) is -2.10. The fraction of sp³-hybridized carbons (Fsp3) is 0.455. The second-order valence-corrected chi connectivity index (χ2v) is 4.75. The van der Waals surface area contributed by atoms with E-state index in [-0.39, 0.29) is 5.56 Å². The van der Waals surface area contributed by atoms with E-state index in [0.29, 0.717) is 17.0 Å². The van der Waals surface area contributed by atoms with E-state index in [1.165, 1.54) is 12.1 Å². The van der Waals surface area contributed by atoms with Gasteiger partial charge in [-0.3, -0.25) is 0 Å². The third-order valence-electron chi connectivity index (χ3n) is 1.99. The zero-order chi connectivity index (χ0) is 11.6. The van der Waals surface area contributed by atoms with Gasteiger partial charge in [-0.15, -0.1) is 0 Å². The number of hydrogen-bond acceptors (Lipinski definition) is 1. The van der Waals surface area contributed by atoms with Gasteiger partial charge in [-0.25, -0.2) is 8.78 Å². The van der Waals surface area contributed by atoms with Crippen molar-refractivity contribution in [3.05, 3.63) is 34.3 Å². The maximum Gasteiger partial charge on any atom is 0.264 e. The van der Waals surface area contributed by atoms with Crippen LogP contribution in [0.5, 0.6) is 0 Å². The highest BCUT2D eigenvalue weighted by atomic mass is 35.5. The van der Waals surface area contributed by atoms with E-state index in [1.807, 2.05) is 0 Å². The molecule has 1 nitrogen and oxygen atoms in total. The van der Waals surface area contributed by atoms with E-state index in [1.54, 1.807) is 19.9 Å². The molecule has 1 rings (SSSR count). The summed E-state index contributed by atoms with van der Waals surface area (Å²) >= 11 is 5.76. The van der Waals surface area contributed by atoms with Crippen LogP contribution in [0.1, 0.15) is 31.4 Å². The summed E-state index contributed by atoms with van der Waals surface area (Å²) in [6.45, 7) is 3.59. The topological polar surface area (TPSA) is 26.0 Å². The van der Waals surface area contributed by atoms with Gasteiger partial charge >= 0.3 is 0 Å². The predicted molar refractivity (Wildman–Crippen MR) is 58.4 cm³/mol. The van der Waals surface area contributed by atoms with Crippen molar-refractivity contribution in [1.82, 2.24) is 0 Å². The van der Waals surface area contributed by atoms with Crippen molar-refractivity contribution in [2.75, 3.05) is 0 Å². The number of hydrogen-bond donors (Lipinski definition) is 1. The van der Waals surface area contributed by atoms with Crippen molar-refractivity contribution in [3.8, 4) is 0 Å². The molecule has 4 heteroatoms. The maximum absolute atomic E-state index is 12.7. The van der Waals surface area contributed by atoms with Crippen LogP contribution < -0.4 is 5.73 Å². The number of benzene rings is 1. The molecule has 0 aliphatic carbocycles. The highest BCUT2D eigenvalue weighted by Gasteiger charge is 2.18. The Hall–Kier alpha value is -0.670. The van der Waals surface area contributed by atoms with Crippen LogP contribution >= 0.6 is 11.6 Å². The zero-order valence-electron chi connectivity index (χ0n) is 8.73. The fourth-order valence-electron chi connectivity index (χ4n) is 1.43. The van der Waals surface area contributed by atoms with Gasteiger partial charge in [0.2, 0.25) is 0 Å². The van der Waals surface area contributed by atoms with Crippen molar-refractivity contribution in [3.63, 3.8) is 0 Å². The van der Waals surface area contributed by atoms with E-state index in [2.05, 4.69) is 0 Å². The molecular formula is C11H14ClF2N. The summed E-state index contributed by atoms with van der Waals surface area (Å²) in [5.41, 5.74) is 5.81. The maximum atomic E-state index is 12.7. The molecule has 1 aromatic carbocycles. The molecule has 0 radical (unpaired) electrons. The van der Waals surface area contributed by atoms with Gasteiger partial charge in [-0.2, -0.15) is 0 Å². The molecule has 0 heterocycles. The highest BCUT2D eigenvalue weighted by molar-refractivity contribution is 6.30. The molecule has 0 saturated heterocycles. The molecule has 0 saturated carbocycles. The zero-order valence-corrected chi connectivity index (χ0v) is 9.48. The third-order valence-corrected chi connectivity index (χ3v) is 2.22. The minimum atomic E-state index is -2.49. The highest BCUT2D eigenvalue weighted by Crippen LogP contribution is 2.27. The van der Waals surface area contributed by atoms with Gasteiger partial charge in [-0.05, 0) is 38.0 Å². The molecule has 84 valence electrons. The quantitative estimate of drug-likeness (QED) is 0.849. The number of halogens is 3. The first-order valence-electron chi connectivity index (χ1n) is 4.65. The van der Waals surface area contributed by atoms with Crippen LogP contribution in [0.3, 0.4) is 0 Å². The molecule has 0 fully saturated rings. The lowest BCUT2D eigenvalue weighted by atomic mass is 9.93. The fourth-order valence-corrected chi connectivity index (χ4v) is 1.63. The molecule has 0 aliphatic rings. The SMILES string of the molecule is CC(C)(N)Cc1cc(Cl)ccc1C(F)F. The lowest BCUT2D eigenvalue weighted by Crippen LogP contribution is -2.34. The second-order valence-electron chi connectivity index (χ2n) is 4.31. The monoisotopic (exact) mass is 233 g/mol. The molecule has 0 unspecified atom stereocenters. The van der Waals surface area contributed by atoms with Crippen molar-refractivity contribution in [2.45, 2.75) is 32.2 Å². The van der Waals surface area contributed by atoms with Crippen molar-refractivity contribution in [2.24, 2.45) is 5.73 Å². The molecule has 0 spiro atoms. The Bertz CT molecular complexity index is 345. The lowest BCUT2D eigenvalue weighted by Gasteiger charge is -2.20. The van der Waals surface area contributed by atoms with E-state index >= 15 is 0 Å². The Morgan fingerprint density at radius 3 is 2.47 bits per heavy atom. The molecular weight excluding hydrogens is 220 g/mol. The summed E-state index contributed by atoms with van der Waals surface area (Å²) in [6, 6.07) is 4.38. The van der Waals surface area contributed by atoms with Gasteiger partial charge in [0, 0.05) is 16.1 Å². The van der Waals surface area contributed by atoms with Gasteiger partial charge in [0.05, 0.1) is 0 Å². The third kappa shape index (κ3) is 3.76. The lowest BCUT2D eigenvalue weighted by molar-refractivity contribution is 0.150. The average Bonchev–Trinajstić information content (AvgIpc) is 1.99. The van der Waals surface area contributed by atoms with Gasteiger partial charge in [0.15, 0.2) is 0 Å². The molecule has 15 heavy (non-hydrogen) atoms. The number of nitrogens with two attached hydrogens (primary N) is 1. The average molecular weight is 234 g/mol. The Kier molecular flexibility index (Phi) is 3.68. The van der Waals surface area contributed by atoms with Gasteiger partial charge < -0.3 is 5.73 Å². The summed E-state index contributed by atoms with van der Waals surface area (Å²) < 4.78 is 25.3. The smallest absolute Gasteiger partial charge is 0.264 e. The Balaban J connectivity index is 3.08. The Labute approximate surface area is 93.2 Å². The van der Waals surface area contributed by atoms with Crippen molar-refractivity contribution < 1.29 is 8.78 Å². The van der Waals surface area contributed by atoms with Crippen molar-refractivity contribution in [1.29, 1.82) is 0 Å². The van der Waals surface area contributed by atoms with Crippen LogP contribution in [-0.2, 0) is 6.42 Å². The minimum absolute atomic E-state index is 0.0120. The van der Waals surface area contributed by atoms with Crippen LogP contribution in [0.25, 0.3) is 0 Å². The minimum Gasteiger partial charge on any atom is -0.325 e. The Morgan fingerprint density at radius 1 is 1.40 bits per heavy atom. The van der Waals surface area contributed by atoms with Gasteiger partial charge in [0.25, 0.3) is 6.43 Å². The van der Waals surface area contributed by atoms with Crippen LogP contribution in [0.15, 0.2) is 18.2 Å². The number of alkyl halides is 2. The van der Waals surface area contributed by atoms with Gasteiger partial charge in [-0.1, -0.05) is 17.7 Å². The van der Waals surface area contributed by atoms with Crippen LogP contribution in [0, 0.1) is 0 Å². The van der Waals surface area contributed by atoms with E-state index in [4.69, 9.17) is 17.3 Å². The largest absolute Gasteiger partial charge is 0.325 e. The van der Waals surface area contributed by atoms with Crippen molar-refractivity contribution >= 4 is 11.6 Å². The van der Waals surface area contributed by atoms with Crippen LogP contribution in [0.4, 0.5) is 8.78 Å². The van der Waals surface area contributed by atoms with E-state index in [9.17, 15) is 8.78 Å². The molecule has 2 N–H and O–H groups in total. The van der Waals surface area contributed by atoms with Crippen LogP contribution in [-0.4, -0.2) is 5.54 Å². The normalized spacial score (nSPS) is 12.2. The summed E-state index contributed by atoms with van der Waals surface area (Å²) in [4.78, 5) is 0. The standard InChI is InChI=1S/C11H14ClF2N/c1-11(2,15)6-7-5-8(12)3-4-9(7)10(13)14/h3-5,10H,6,15H2,1-2H3. The first-order chi connectivity index (χ1) is 6.79. The molecule has 0 amide bonds. The summed E-state index contributed by atoms with van der Waals surface area (Å²) in [5.74, 6) is 0. The predicted octanol–water partition coefficient (Wildman–Crippen LogP) is 3.56. The Morgan fingerprint density at radius 2 is 2.00 bits per heavy atom. The summed E-state index contributed by atoms with van der Waals surface area (Å²) in [5, 5.41) is 0.457. The van der Waals surface area contributed by atoms with Crippen LogP contribution in [0.2, 0.25) is 5.02 Å². The van der Waals surface area contributed by atoms with E-state index < -0.39 is 12.0 Å². The van der Waals surface area contributed by atoms with Gasteiger partial charge in [0.1, 0.15) is 0 Å². The first-order valence-corrected chi connectivity index (χ1v) is 5.03. The molecule has 0 atom stereocenters. The molecule has 0 aliphatic heterocycles. The second kappa shape index (κ2) is 4.45.